The van der Waals surface area contributed by atoms with Gasteiger partial charge in [-0.25, -0.2) is 4.39 Å². The Morgan fingerprint density at radius 2 is 1.95 bits per heavy atom. The fraction of sp³-hybridized carbons (Fsp3) is 0.625. The summed E-state index contributed by atoms with van der Waals surface area (Å²) in [7, 11) is 2.16. The Morgan fingerprint density at radius 3 is 2.50 bits per heavy atom. The topological polar surface area (TPSA) is 32.5 Å². The molecule has 1 fully saturated rings. The third-order valence-electron chi connectivity index (χ3n) is 4.46. The number of nitrogens with two attached hydrogens (primary N) is 1. The second-order valence-electron chi connectivity index (χ2n) is 6.31. The van der Waals surface area contributed by atoms with Crippen molar-refractivity contribution in [2.75, 3.05) is 33.2 Å². The normalized spacial score (nSPS) is 24.6. The van der Waals surface area contributed by atoms with Crippen molar-refractivity contribution < 1.29 is 4.39 Å². The molecule has 1 aliphatic rings. The summed E-state index contributed by atoms with van der Waals surface area (Å²) in [6, 6.07) is 7.27. The number of hydrogen-bond donors (Lipinski definition) is 1. The Kier molecular flexibility index (Phi) is 4.78. The summed E-state index contributed by atoms with van der Waals surface area (Å²) < 4.78 is 13.0. The lowest BCUT2D eigenvalue weighted by Gasteiger charge is -2.49. The Bertz CT molecular complexity index is 434. The lowest BCUT2D eigenvalue weighted by molar-refractivity contribution is 0.0128. The molecule has 0 aliphatic carbocycles. The molecule has 0 radical (unpaired) electrons. The summed E-state index contributed by atoms with van der Waals surface area (Å²) >= 11 is 0. The molecule has 4 heteroatoms. The van der Waals surface area contributed by atoms with E-state index in [1.165, 1.54) is 12.1 Å². The van der Waals surface area contributed by atoms with Crippen LogP contribution in [0.15, 0.2) is 24.3 Å². The molecule has 1 aromatic carbocycles. The third kappa shape index (κ3) is 3.37. The lowest BCUT2D eigenvalue weighted by atomic mass is 9.88. The summed E-state index contributed by atoms with van der Waals surface area (Å²) in [6.45, 7) is 8.26. The van der Waals surface area contributed by atoms with Crippen LogP contribution < -0.4 is 5.73 Å². The van der Waals surface area contributed by atoms with E-state index in [4.69, 9.17) is 5.73 Å². The van der Waals surface area contributed by atoms with E-state index in [1.54, 1.807) is 0 Å². The summed E-state index contributed by atoms with van der Waals surface area (Å²) in [6.07, 6.45) is 0.859. The molecule has 0 bridgehead atoms. The van der Waals surface area contributed by atoms with Gasteiger partial charge in [-0.1, -0.05) is 12.1 Å². The van der Waals surface area contributed by atoms with Crippen LogP contribution in [0.25, 0.3) is 0 Å². The van der Waals surface area contributed by atoms with Gasteiger partial charge in [-0.15, -0.1) is 0 Å². The molecule has 1 saturated heterocycles. The number of rotatable bonds is 4. The molecule has 1 aromatic rings. The van der Waals surface area contributed by atoms with E-state index in [0.29, 0.717) is 12.6 Å². The van der Waals surface area contributed by atoms with Gasteiger partial charge in [0.2, 0.25) is 0 Å². The van der Waals surface area contributed by atoms with Crippen LogP contribution in [0.1, 0.15) is 19.4 Å². The molecular weight excluding hydrogens is 253 g/mol. The van der Waals surface area contributed by atoms with Gasteiger partial charge < -0.3 is 10.6 Å². The van der Waals surface area contributed by atoms with Crippen LogP contribution in [-0.4, -0.2) is 54.6 Å². The number of hydrogen-bond acceptors (Lipinski definition) is 3. The van der Waals surface area contributed by atoms with Crippen molar-refractivity contribution in [3.63, 3.8) is 0 Å². The predicted molar refractivity (Wildman–Crippen MR) is 81.2 cm³/mol. The second-order valence-corrected chi connectivity index (χ2v) is 6.31. The minimum Gasteiger partial charge on any atom is -0.329 e. The maximum Gasteiger partial charge on any atom is 0.123 e. The van der Waals surface area contributed by atoms with Crippen LogP contribution in [0.3, 0.4) is 0 Å². The highest BCUT2D eigenvalue weighted by Crippen LogP contribution is 2.25. The molecule has 2 atom stereocenters. The standard InChI is InChI=1S/C16H26FN3/c1-13-11-19(3)8-9-20(13)16(2,12-18)10-14-4-6-15(17)7-5-14/h4-7,13H,8-12,18H2,1-3H3. The van der Waals surface area contributed by atoms with Gasteiger partial charge in [0.25, 0.3) is 0 Å². The van der Waals surface area contributed by atoms with E-state index >= 15 is 0 Å². The zero-order chi connectivity index (χ0) is 14.8. The monoisotopic (exact) mass is 279 g/mol. The van der Waals surface area contributed by atoms with E-state index in [2.05, 4.69) is 30.7 Å². The molecule has 2 rings (SSSR count). The van der Waals surface area contributed by atoms with Crippen LogP contribution in [0.4, 0.5) is 4.39 Å². The average molecular weight is 279 g/mol. The molecule has 0 amide bonds. The second kappa shape index (κ2) is 6.20. The van der Waals surface area contributed by atoms with Crippen molar-refractivity contribution in [3.8, 4) is 0 Å². The van der Waals surface area contributed by atoms with Gasteiger partial charge in [0, 0.05) is 37.8 Å². The highest BCUT2D eigenvalue weighted by Gasteiger charge is 2.36. The summed E-state index contributed by atoms with van der Waals surface area (Å²) in [4.78, 5) is 4.87. The molecule has 0 aromatic heterocycles. The minimum atomic E-state index is -0.184. The minimum absolute atomic E-state index is 0.0709. The first-order chi connectivity index (χ1) is 9.44. The third-order valence-corrected chi connectivity index (χ3v) is 4.46. The smallest absolute Gasteiger partial charge is 0.123 e. The molecular formula is C16H26FN3. The van der Waals surface area contributed by atoms with Crippen LogP contribution in [0, 0.1) is 5.82 Å². The van der Waals surface area contributed by atoms with E-state index in [1.807, 2.05) is 12.1 Å². The van der Waals surface area contributed by atoms with Crippen LogP contribution in [0.2, 0.25) is 0 Å². The van der Waals surface area contributed by atoms with Gasteiger partial charge in [0.15, 0.2) is 0 Å². The van der Waals surface area contributed by atoms with E-state index < -0.39 is 0 Å². The number of benzene rings is 1. The zero-order valence-corrected chi connectivity index (χ0v) is 12.8. The highest BCUT2D eigenvalue weighted by atomic mass is 19.1. The van der Waals surface area contributed by atoms with E-state index in [-0.39, 0.29) is 11.4 Å². The molecule has 1 heterocycles. The van der Waals surface area contributed by atoms with E-state index in [9.17, 15) is 4.39 Å². The molecule has 2 N–H and O–H groups in total. The first kappa shape index (κ1) is 15.4. The average Bonchev–Trinajstić information content (AvgIpc) is 2.41. The van der Waals surface area contributed by atoms with Crippen molar-refractivity contribution in [2.24, 2.45) is 5.73 Å². The van der Waals surface area contributed by atoms with Gasteiger partial charge >= 0.3 is 0 Å². The zero-order valence-electron chi connectivity index (χ0n) is 12.8. The molecule has 20 heavy (non-hydrogen) atoms. The first-order valence-electron chi connectivity index (χ1n) is 7.34. The number of likely N-dealkylation sites (N-methyl/N-ethyl adjacent to an activating group) is 1. The highest BCUT2D eigenvalue weighted by molar-refractivity contribution is 5.19. The van der Waals surface area contributed by atoms with Gasteiger partial charge in [0.05, 0.1) is 0 Å². The van der Waals surface area contributed by atoms with Crippen LogP contribution in [-0.2, 0) is 6.42 Å². The number of nitrogens with zero attached hydrogens (tertiary/aromatic N) is 2. The molecule has 0 spiro atoms. The fourth-order valence-corrected chi connectivity index (χ4v) is 3.27. The van der Waals surface area contributed by atoms with Gasteiger partial charge in [-0.05, 0) is 45.0 Å². The van der Waals surface area contributed by atoms with Crippen molar-refractivity contribution in [2.45, 2.75) is 31.8 Å². The Hall–Kier alpha value is -0.970. The molecule has 0 saturated carbocycles. The Balaban J connectivity index is 2.13. The SMILES string of the molecule is CC1CN(C)CCN1C(C)(CN)Cc1ccc(F)cc1. The molecule has 2 unspecified atom stereocenters. The largest absolute Gasteiger partial charge is 0.329 e. The Morgan fingerprint density at radius 1 is 1.30 bits per heavy atom. The van der Waals surface area contributed by atoms with Crippen molar-refractivity contribution in [1.82, 2.24) is 9.80 Å². The van der Waals surface area contributed by atoms with Gasteiger partial charge in [-0.3, -0.25) is 4.90 Å². The summed E-state index contributed by atoms with van der Waals surface area (Å²) in [5.74, 6) is -0.184. The van der Waals surface area contributed by atoms with Gasteiger partial charge in [-0.2, -0.15) is 0 Å². The number of halogens is 1. The number of piperazine rings is 1. The van der Waals surface area contributed by atoms with Gasteiger partial charge in [0.1, 0.15) is 5.82 Å². The lowest BCUT2D eigenvalue weighted by Crippen LogP contribution is -2.62. The quantitative estimate of drug-likeness (QED) is 0.911. The maximum absolute atomic E-state index is 13.0. The van der Waals surface area contributed by atoms with Crippen molar-refractivity contribution in [1.29, 1.82) is 0 Å². The summed E-state index contributed by atoms with van der Waals surface area (Å²) in [5.41, 5.74) is 7.16. The maximum atomic E-state index is 13.0. The summed E-state index contributed by atoms with van der Waals surface area (Å²) in [5, 5.41) is 0. The molecule has 112 valence electrons. The van der Waals surface area contributed by atoms with Crippen LogP contribution in [0.5, 0.6) is 0 Å². The first-order valence-corrected chi connectivity index (χ1v) is 7.34. The van der Waals surface area contributed by atoms with Crippen molar-refractivity contribution in [3.05, 3.63) is 35.6 Å². The van der Waals surface area contributed by atoms with Crippen molar-refractivity contribution >= 4 is 0 Å². The molecule has 3 nitrogen and oxygen atoms in total. The predicted octanol–water partition coefficient (Wildman–Crippen LogP) is 1.72. The fourth-order valence-electron chi connectivity index (χ4n) is 3.27. The Labute approximate surface area is 121 Å². The van der Waals surface area contributed by atoms with Crippen LogP contribution >= 0.6 is 0 Å². The molecule has 1 aliphatic heterocycles. The van der Waals surface area contributed by atoms with E-state index in [0.717, 1.165) is 31.6 Å².